The second-order valence-corrected chi connectivity index (χ2v) is 9.64. The molecule has 0 atom stereocenters. The van der Waals surface area contributed by atoms with Gasteiger partial charge >= 0.3 is 0 Å². The highest BCUT2D eigenvalue weighted by Gasteiger charge is 2.37. The van der Waals surface area contributed by atoms with E-state index in [1.54, 1.807) is 11.1 Å². The normalized spacial score (nSPS) is 18.5. The minimum Gasteiger partial charge on any atom is -0.0609 e. The molecular formula is C22H27I. The van der Waals surface area contributed by atoms with Crippen LogP contribution in [0.15, 0.2) is 36.4 Å². The van der Waals surface area contributed by atoms with E-state index in [9.17, 15) is 0 Å². The predicted molar refractivity (Wildman–Crippen MR) is 108 cm³/mol. The highest BCUT2D eigenvalue weighted by Crippen LogP contribution is 2.46. The molecule has 0 heterocycles. The summed E-state index contributed by atoms with van der Waals surface area (Å²) in [6, 6.07) is 13.9. The van der Waals surface area contributed by atoms with Crippen LogP contribution in [0.25, 0.3) is 0 Å². The lowest BCUT2D eigenvalue weighted by Crippen LogP contribution is -2.34. The third-order valence-corrected chi connectivity index (χ3v) is 6.26. The molecule has 0 aliphatic heterocycles. The van der Waals surface area contributed by atoms with E-state index in [0.29, 0.717) is 10.8 Å². The summed E-state index contributed by atoms with van der Waals surface area (Å²) in [5, 5.41) is 0. The van der Waals surface area contributed by atoms with Crippen molar-refractivity contribution in [3.05, 3.63) is 67.8 Å². The fourth-order valence-corrected chi connectivity index (χ4v) is 4.43. The van der Waals surface area contributed by atoms with Crippen LogP contribution in [0.5, 0.6) is 0 Å². The van der Waals surface area contributed by atoms with Crippen LogP contribution in [0.1, 0.15) is 68.4 Å². The number of hydrogen-bond acceptors (Lipinski definition) is 0. The minimum atomic E-state index is 0.290. The zero-order valence-corrected chi connectivity index (χ0v) is 17.1. The highest BCUT2D eigenvalue weighted by atomic mass is 127. The molecule has 0 spiro atoms. The molecule has 2 aromatic rings. The van der Waals surface area contributed by atoms with Gasteiger partial charge in [-0.1, -0.05) is 52.0 Å². The Morgan fingerprint density at radius 1 is 0.913 bits per heavy atom. The van der Waals surface area contributed by atoms with Gasteiger partial charge in [0.2, 0.25) is 0 Å². The summed E-state index contributed by atoms with van der Waals surface area (Å²) in [5.74, 6) is 0. The van der Waals surface area contributed by atoms with Crippen LogP contribution in [0.2, 0.25) is 0 Å². The van der Waals surface area contributed by atoms with E-state index in [4.69, 9.17) is 0 Å². The molecule has 0 aromatic heterocycles. The van der Waals surface area contributed by atoms with Gasteiger partial charge in [0.25, 0.3) is 0 Å². The zero-order chi connectivity index (χ0) is 16.8. The number of halogens is 1. The largest absolute Gasteiger partial charge is 0.0609 e. The molecule has 0 saturated heterocycles. The Hall–Kier alpha value is -0.830. The van der Waals surface area contributed by atoms with Gasteiger partial charge in [0.05, 0.1) is 0 Å². The van der Waals surface area contributed by atoms with Gasteiger partial charge in [0.1, 0.15) is 0 Å². The Morgan fingerprint density at radius 2 is 1.52 bits per heavy atom. The van der Waals surface area contributed by atoms with Crippen molar-refractivity contribution in [2.45, 2.75) is 64.7 Å². The number of fused-ring (bicyclic) bond motifs is 1. The maximum atomic E-state index is 2.51. The molecule has 0 amide bonds. The summed E-state index contributed by atoms with van der Waals surface area (Å²) >= 11 is 2.40. The quantitative estimate of drug-likeness (QED) is 0.486. The third-order valence-electron chi connectivity index (χ3n) is 5.59. The molecule has 122 valence electrons. The van der Waals surface area contributed by atoms with Gasteiger partial charge in [-0.05, 0) is 99.6 Å². The molecule has 23 heavy (non-hydrogen) atoms. The number of benzene rings is 2. The van der Waals surface area contributed by atoms with Crippen molar-refractivity contribution in [1.82, 2.24) is 0 Å². The zero-order valence-electron chi connectivity index (χ0n) is 15.0. The summed E-state index contributed by atoms with van der Waals surface area (Å²) in [7, 11) is 0. The fourth-order valence-electron chi connectivity index (χ4n) is 3.82. The van der Waals surface area contributed by atoms with Gasteiger partial charge in [0.15, 0.2) is 0 Å². The summed E-state index contributed by atoms with van der Waals surface area (Å²) < 4.78 is 1.32. The Balaban J connectivity index is 2.07. The molecule has 3 rings (SSSR count). The Bertz CT molecular complexity index is 738. The van der Waals surface area contributed by atoms with Crippen LogP contribution in [-0.2, 0) is 17.3 Å². The van der Waals surface area contributed by atoms with E-state index in [1.165, 1.54) is 33.1 Å². The average Bonchev–Trinajstić information content (AvgIpc) is 2.46. The summed E-state index contributed by atoms with van der Waals surface area (Å²) in [5.41, 5.74) is 8.06. The number of aryl methyl sites for hydroxylation is 1. The molecule has 0 saturated carbocycles. The lowest BCUT2D eigenvalue weighted by atomic mass is 9.62. The molecule has 1 heteroatoms. The monoisotopic (exact) mass is 418 g/mol. The van der Waals surface area contributed by atoms with Crippen molar-refractivity contribution in [3.63, 3.8) is 0 Å². The molecule has 2 aromatic carbocycles. The second kappa shape index (κ2) is 5.91. The van der Waals surface area contributed by atoms with E-state index < -0.39 is 0 Å². The first-order chi connectivity index (χ1) is 10.7. The van der Waals surface area contributed by atoms with E-state index >= 15 is 0 Å². The van der Waals surface area contributed by atoms with Crippen LogP contribution in [0, 0.1) is 10.5 Å². The molecule has 0 fully saturated rings. The molecule has 1 aliphatic rings. The van der Waals surface area contributed by atoms with Gasteiger partial charge in [-0.25, -0.2) is 0 Å². The maximum absolute atomic E-state index is 2.51. The van der Waals surface area contributed by atoms with E-state index in [1.807, 2.05) is 0 Å². The van der Waals surface area contributed by atoms with Gasteiger partial charge < -0.3 is 0 Å². The molecular weight excluding hydrogens is 391 g/mol. The van der Waals surface area contributed by atoms with Gasteiger partial charge in [-0.15, -0.1) is 0 Å². The number of rotatable bonds is 2. The van der Waals surface area contributed by atoms with Crippen molar-refractivity contribution >= 4 is 22.6 Å². The fraction of sp³-hybridized carbons (Fsp3) is 0.455. The van der Waals surface area contributed by atoms with Gasteiger partial charge in [-0.2, -0.15) is 0 Å². The van der Waals surface area contributed by atoms with Crippen molar-refractivity contribution in [2.24, 2.45) is 0 Å². The Kier molecular flexibility index (Phi) is 4.37. The Labute approximate surface area is 154 Å². The molecule has 0 N–H and O–H groups in total. The molecule has 1 aliphatic carbocycles. The summed E-state index contributed by atoms with van der Waals surface area (Å²) in [6.45, 7) is 11.9. The second-order valence-electron chi connectivity index (χ2n) is 8.40. The molecule has 0 radical (unpaired) electrons. The van der Waals surface area contributed by atoms with Gasteiger partial charge in [0, 0.05) is 3.57 Å². The summed E-state index contributed by atoms with van der Waals surface area (Å²) in [4.78, 5) is 0. The lowest BCUT2D eigenvalue weighted by molar-refractivity contribution is 0.331. The van der Waals surface area contributed by atoms with Gasteiger partial charge in [-0.3, -0.25) is 0 Å². The topological polar surface area (TPSA) is 0 Å². The van der Waals surface area contributed by atoms with Crippen LogP contribution >= 0.6 is 22.6 Å². The first-order valence-corrected chi connectivity index (χ1v) is 9.66. The lowest BCUT2D eigenvalue weighted by Gasteiger charge is -2.42. The van der Waals surface area contributed by atoms with E-state index in [-0.39, 0.29) is 0 Å². The molecule has 0 unspecified atom stereocenters. The third kappa shape index (κ3) is 3.35. The van der Waals surface area contributed by atoms with Crippen molar-refractivity contribution in [3.8, 4) is 0 Å². The molecule has 0 nitrogen and oxygen atoms in total. The first-order valence-electron chi connectivity index (χ1n) is 8.58. The predicted octanol–water partition coefficient (Wildman–Crippen LogP) is 6.54. The Morgan fingerprint density at radius 3 is 2.13 bits per heavy atom. The first kappa shape index (κ1) is 17.0. The smallest absolute Gasteiger partial charge is 0.0133 e. The maximum Gasteiger partial charge on any atom is 0.0133 e. The van der Waals surface area contributed by atoms with Crippen molar-refractivity contribution in [1.29, 1.82) is 0 Å². The van der Waals surface area contributed by atoms with Crippen molar-refractivity contribution in [2.75, 3.05) is 0 Å². The summed E-state index contributed by atoms with van der Waals surface area (Å²) in [6.07, 6.45) is 3.59. The number of hydrogen-bond donors (Lipinski definition) is 0. The van der Waals surface area contributed by atoms with Crippen LogP contribution in [-0.4, -0.2) is 0 Å². The highest BCUT2D eigenvalue weighted by molar-refractivity contribution is 14.1. The van der Waals surface area contributed by atoms with Crippen LogP contribution in [0.4, 0.5) is 0 Å². The minimum absolute atomic E-state index is 0.290. The van der Waals surface area contributed by atoms with Crippen LogP contribution < -0.4 is 0 Å². The SMILES string of the molecule is Cc1cc2c(cc1Cc1cccc(I)c1)C(C)(C)CCC2(C)C. The molecule has 0 bridgehead atoms. The van der Waals surface area contributed by atoms with E-state index in [2.05, 4.69) is 93.6 Å². The van der Waals surface area contributed by atoms with E-state index in [0.717, 1.165) is 6.42 Å². The van der Waals surface area contributed by atoms with Crippen LogP contribution in [0.3, 0.4) is 0 Å². The average molecular weight is 418 g/mol. The standard InChI is InChI=1S/C22H27I/c1-15-11-19-20(22(4,5)10-9-21(19,2)3)14-17(15)12-16-7-6-8-18(23)13-16/h6-8,11,13-14H,9-10,12H2,1-5H3. The van der Waals surface area contributed by atoms with Crippen molar-refractivity contribution < 1.29 is 0 Å².